The molecule has 7 nitrogen and oxygen atoms in total. The van der Waals surface area contributed by atoms with Crippen molar-refractivity contribution < 1.29 is 23.8 Å². The van der Waals surface area contributed by atoms with Crippen LogP contribution in [0.3, 0.4) is 0 Å². The third-order valence-electron chi connectivity index (χ3n) is 3.64. The molecule has 0 radical (unpaired) electrons. The Balaban J connectivity index is 1.93. The van der Waals surface area contributed by atoms with Gasteiger partial charge in [-0.2, -0.15) is 0 Å². The van der Waals surface area contributed by atoms with E-state index in [1.54, 1.807) is 36.4 Å². The van der Waals surface area contributed by atoms with E-state index in [9.17, 15) is 9.59 Å². The number of nitrogens with one attached hydrogen (secondary N) is 2. The van der Waals surface area contributed by atoms with E-state index in [4.69, 9.17) is 14.2 Å². The predicted octanol–water partition coefficient (Wildman–Crippen LogP) is 2.81. The van der Waals surface area contributed by atoms with Gasteiger partial charge in [0.1, 0.15) is 5.75 Å². The number of ether oxygens (including phenoxy) is 3. The smallest absolute Gasteiger partial charge is 0.269 e. The highest BCUT2D eigenvalue weighted by atomic mass is 16.5. The second-order valence-electron chi connectivity index (χ2n) is 6.21. The number of hydrogen-bond donors (Lipinski definition) is 2. The number of hydrazine groups is 1. The highest BCUT2D eigenvalue weighted by molar-refractivity contribution is 5.99. The van der Waals surface area contributed by atoms with Crippen molar-refractivity contribution >= 4 is 11.8 Å². The van der Waals surface area contributed by atoms with Crippen LogP contribution < -0.4 is 25.1 Å². The van der Waals surface area contributed by atoms with Crippen LogP contribution in [0.1, 0.15) is 34.6 Å². The SMILES string of the molecule is COc1ccc(C(=O)NNC(=O)c2ccc(OCC(C)C)cc2)cc1OC. The Morgan fingerprint density at radius 1 is 0.852 bits per heavy atom. The van der Waals surface area contributed by atoms with Gasteiger partial charge in [-0.05, 0) is 48.4 Å². The summed E-state index contributed by atoms with van der Waals surface area (Å²) in [5.41, 5.74) is 5.48. The van der Waals surface area contributed by atoms with Gasteiger partial charge in [0, 0.05) is 11.1 Å². The maximum atomic E-state index is 12.2. The summed E-state index contributed by atoms with van der Waals surface area (Å²) in [6.07, 6.45) is 0. The van der Waals surface area contributed by atoms with Crippen LogP contribution >= 0.6 is 0 Å². The summed E-state index contributed by atoms with van der Waals surface area (Å²) in [7, 11) is 2.99. The van der Waals surface area contributed by atoms with Gasteiger partial charge in [-0.1, -0.05) is 13.8 Å². The molecule has 27 heavy (non-hydrogen) atoms. The van der Waals surface area contributed by atoms with Crippen molar-refractivity contribution in [3.8, 4) is 17.2 Å². The minimum atomic E-state index is -0.471. The van der Waals surface area contributed by atoms with E-state index in [1.807, 2.05) is 0 Å². The van der Waals surface area contributed by atoms with Crippen LogP contribution in [0.15, 0.2) is 42.5 Å². The number of methoxy groups -OCH3 is 2. The van der Waals surface area contributed by atoms with Crippen LogP contribution in [-0.2, 0) is 0 Å². The molecular formula is C20H24N2O5. The molecule has 2 rings (SSSR count). The second kappa shape index (κ2) is 9.47. The van der Waals surface area contributed by atoms with E-state index in [2.05, 4.69) is 24.7 Å². The van der Waals surface area contributed by atoms with Crippen LogP contribution in [0.5, 0.6) is 17.2 Å². The minimum absolute atomic E-state index is 0.324. The molecule has 0 spiro atoms. The van der Waals surface area contributed by atoms with Gasteiger partial charge in [-0.3, -0.25) is 20.4 Å². The normalized spacial score (nSPS) is 10.3. The molecule has 0 aromatic heterocycles. The first-order chi connectivity index (χ1) is 12.9. The molecular weight excluding hydrogens is 348 g/mol. The molecule has 2 aromatic carbocycles. The molecule has 0 aliphatic carbocycles. The van der Waals surface area contributed by atoms with E-state index in [1.165, 1.54) is 20.3 Å². The van der Waals surface area contributed by atoms with E-state index < -0.39 is 11.8 Å². The monoisotopic (exact) mass is 372 g/mol. The van der Waals surface area contributed by atoms with Crippen LogP contribution in [0.4, 0.5) is 0 Å². The zero-order valence-electron chi connectivity index (χ0n) is 15.9. The van der Waals surface area contributed by atoms with Gasteiger partial charge in [-0.15, -0.1) is 0 Å². The van der Waals surface area contributed by atoms with Crippen LogP contribution in [-0.4, -0.2) is 32.6 Å². The highest BCUT2D eigenvalue weighted by Crippen LogP contribution is 2.27. The number of hydrogen-bond acceptors (Lipinski definition) is 5. The Labute approximate surface area is 158 Å². The van der Waals surface area contributed by atoms with Gasteiger partial charge in [0.15, 0.2) is 11.5 Å². The molecule has 144 valence electrons. The Morgan fingerprint density at radius 3 is 1.96 bits per heavy atom. The summed E-state index contributed by atoms with van der Waals surface area (Å²) in [5.74, 6) is 1.14. The van der Waals surface area contributed by atoms with Gasteiger partial charge in [-0.25, -0.2) is 0 Å². The van der Waals surface area contributed by atoms with Gasteiger partial charge < -0.3 is 14.2 Å². The average Bonchev–Trinajstić information content (AvgIpc) is 2.69. The summed E-state index contributed by atoms with van der Waals surface area (Å²) >= 11 is 0. The van der Waals surface area contributed by atoms with Crippen molar-refractivity contribution in [2.24, 2.45) is 5.92 Å². The molecule has 0 bridgehead atoms. The molecule has 0 aliphatic heterocycles. The number of rotatable bonds is 7. The number of benzene rings is 2. The minimum Gasteiger partial charge on any atom is -0.493 e. The standard InChI is InChI=1S/C20H24N2O5/c1-13(2)12-27-16-8-5-14(6-9-16)19(23)21-22-20(24)15-7-10-17(25-3)18(11-15)26-4/h5-11,13H,12H2,1-4H3,(H,21,23)(H,22,24). The predicted molar refractivity (Wildman–Crippen MR) is 101 cm³/mol. The zero-order chi connectivity index (χ0) is 19.8. The van der Waals surface area contributed by atoms with Crippen molar-refractivity contribution in [1.82, 2.24) is 10.9 Å². The fraction of sp³-hybridized carbons (Fsp3) is 0.300. The molecule has 0 unspecified atom stereocenters. The van der Waals surface area contributed by atoms with Gasteiger partial charge >= 0.3 is 0 Å². The Bertz CT molecular complexity index is 787. The molecule has 0 atom stereocenters. The Morgan fingerprint density at radius 2 is 1.41 bits per heavy atom. The molecule has 0 saturated carbocycles. The first-order valence-corrected chi connectivity index (χ1v) is 8.50. The van der Waals surface area contributed by atoms with E-state index in [-0.39, 0.29) is 0 Å². The Kier molecular flexibility index (Phi) is 7.05. The van der Waals surface area contributed by atoms with Crippen molar-refractivity contribution in [2.45, 2.75) is 13.8 Å². The first-order valence-electron chi connectivity index (χ1n) is 8.50. The molecule has 2 amide bonds. The maximum absolute atomic E-state index is 12.2. The third-order valence-corrected chi connectivity index (χ3v) is 3.64. The number of carbonyl (C=O) groups is 2. The molecule has 0 fully saturated rings. The quantitative estimate of drug-likeness (QED) is 0.730. The molecule has 2 N–H and O–H groups in total. The van der Waals surface area contributed by atoms with Crippen LogP contribution in [0, 0.1) is 5.92 Å². The van der Waals surface area contributed by atoms with Crippen molar-refractivity contribution in [3.63, 3.8) is 0 Å². The topological polar surface area (TPSA) is 85.9 Å². The van der Waals surface area contributed by atoms with Crippen LogP contribution in [0.2, 0.25) is 0 Å². The van der Waals surface area contributed by atoms with E-state index in [0.717, 1.165) is 0 Å². The van der Waals surface area contributed by atoms with E-state index >= 15 is 0 Å². The molecule has 0 saturated heterocycles. The first kappa shape index (κ1) is 20.1. The summed E-state index contributed by atoms with van der Waals surface area (Å²) in [4.78, 5) is 24.4. The largest absolute Gasteiger partial charge is 0.493 e. The lowest BCUT2D eigenvalue weighted by Gasteiger charge is -2.11. The second-order valence-corrected chi connectivity index (χ2v) is 6.21. The highest BCUT2D eigenvalue weighted by Gasteiger charge is 2.12. The molecule has 0 heterocycles. The number of carbonyl (C=O) groups excluding carboxylic acids is 2. The summed E-state index contributed by atoms with van der Waals surface area (Å²) < 4.78 is 15.9. The lowest BCUT2D eigenvalue weighted by atomic mass is 10.2. The average molecular weight is 372 g/mol. The summed E-state index contributed by atoms with van der Waals surface area (Å²) in [6, 6.07) is 11.4. The Hall–Kier alpha value is -3.22. The zero-order valence-corrected chi connectivity index (χ0v) is 15.9. The fourth-order valence-corrected chi connectivity index (χ4v) is 2.20. The number of amides is 2. The third kappa shape index (κ3) is 5.64. The lowest BCUT2D eigenvalue weighted by molar-refractivity contribution is 0.0846. The molecule has 7 heteroatoms. The molecule has 2 aromatic rings. The van der Waals surface area contributed by atoms with Crippen molar-refractivity contribution in [2.75, 3.05) is 20.8 Å². The van der Waals surface area contributed by atoms with Gasteiger partial charge in [0.2, 0.25) is 0 Å². The molecule has 0 aliphatic rings. The maximum Gasteiger partial charge on any atom is 0.269 e. The van der Waals surface area contributed by atoms with Crippen molar-refractivity contribution in [1.29, 1.82) is 0 Å². The van der Waals surface area contributed by atoms with Crippen LogP contribution in [0.25, 0.3) is 0 Å². The fourth-order valence-electron chi connectivity index (χ4n) is 2.20. The van der Waals surface area contributed by atoms with E-state index in [0.29, 0.717) is 40.9 Å². The lowest BCUT2D eigenvalue weighted by Crippen LogP contribution is -2.41. The van der Waals surface area contributed by atoms with Crippen molar-refractivity contribution in [3.05, 3.63) is 53.6 Å². The van der Waals surface area contributed by atoms with Gasteiger partial charge in [0.05, 0.1) is 20.8 Å². The summed E-state index contributed by atoms with van der Waals surface area (Å²) in [5, 5.41) is 0. The summed E-state index contributed by atoms with van der Waals surface area (Å²) in [6.45, 7) is 4.72. The van der Waals surface area contributed by atoms with Gasteiger partial charge in [0.25, 0.3) is 11.8 Å².